The van der Waals surface area contributed by atoms with Crippen LogP contribution in [0.15, 0.2) is 24.5 Å². The summed E-state index contributed by atoms with van der Waals surface area (Å²) in [4.78, 5) is 18.9. The average Bonchev–Trinajstić information content (AvgIpc) is 2.96. The van der Waals surface area contributed by atoms with Gasteiger partial charge in [0.25, 0.3) is 0 Å². The number of Topliss-reactive ketones (excluding diaryl/α,β-unsaturated/α-hetero) is 1. The van der Waals surface area contributed by atoms with Crippen LogP contribution in [0, 0.1) is 16.7 Å². The van der Waals surface area contributed by atoms with Gasteiger partial charge in [-0.3, -0.25) is 9.78 Å². The monoisotopic (exact) mass is 377 g/mol. The van der Waals surface area contributed by atoms with E-state index in [1.165, 1.54) is 0 Å². The van der Waals surface area contributed by atoms with Gasteiger partial charge in [0, 0.05) is 56.1 Å². The van der Waals surface area contributed by atoms with E-state index in [0.29, 0.717) is 38.5 Å². The number of carbonyl (C=O) groups excluding carboxylic acids is 1. The summed E-state index contributed by atoms with van der Waals surface area (Å²) in [6, 6.07) is 3.89. The van der Waals surface area contributed by atoms with Gasteiger partial charge in [-0.25, -0.2) is 8.42 Å². The standard InChI is InChI=1S/C19H27N3O3S/c1-18(2)15-3-6-19(18,17(23)13-15)14-26(24,25)22-11-9-21(10-12-22)16-4-7-20-8-5-16/h4-5,7-8,15H,3,6,9-14H2,1-2H3/t15-,19?/m0/s1. The van der Waals surface area contributed by atoms with Gasteiger partial charge in [0.1, 0.15) is 5.78 Å². The number of aromatic nitrogens is 1. The van der Waals surface area contributed by atoms with Gasteiger partial charge in [0.15, 0.2) is 0 Å². The highest BCUT2D eigenvalue weighted by molar-refractivity contribution is 7.89. The molecule has 0 radical (unpaired) electrons. The molecule has 0 amide bonds. The van der Waals surface area contributed by atoms with Gasteiger partial charge in [-0.05, 0) is 36.3 Å². The molecule has 0 N–H and O–H groups in total. The molecule has 2 bridgehead atoms. The lowest BCUT2D eigenvalue weighted by atomic mass is 9.70. The van der Waals surface area contributed by atoms with E-state index in [4.69, 9.17) is 0 Å². The largest absolute Gasteiger partial charge is 0.369 e. The molecule has 142 valence electrons. The van der Waals surface area contributed by atoms with Crippen molar-refractivity contribution in [3.63, 3.8) is 0 Å². The van der Waals surface area contributed by atoms with Crippen LogP contribution in [0.5, 0.6) is 0 Å². The topological polar surface area (TPSA) is 70.6 Å². The van der Waals surface area contributed by atoms with Crippen LogP contribution < -0.4 is 4.90 Å². The maximum atomic E-state index is 13.1. The molecule has 7 heteroatoms. The molecule has 4 rings (SSSR count). The number of carbonyl (C=O) groups is 1. The van der Waals surface area contributed by atoms with Crippen molar-refractivity contribution in [1.82, 2.24) is 9.29 Å². The fourth-order valence-corrected chi connectivity index (χ4v) is 7.49. The number of hydrogen-bond donors (Lipinski definition) is 0. The number of nitrogens with zero attached hydrogens (tertiary/aromatic N) is 3. The Morgan fingerprint density at radius 1 is 1.15 bits per heavy atom. The van der Waals surface area contributed by atoms with Crippen molar-refractivity contribution in [2.45, 2.75) is 33.1 Å². The van der Waals surface area contributed by atoms with Crippen molar-refractivity contribution >= 4 is 21.5 Å². The first-order valence-corrected chi connectivity index (χ1v) is 11.0. The van der Waals surface area contributed by atoms with Gasteiger partial charge in [0.2, 0.25) is 10.0 Å². The summed E-state index contributed by atoms with van der Waals surface area (Å²) >= 11 is 0. The van der Waals surface area contributed by atoms with Crippen LogP contribution in [0.4, 0.5) is 5.69 Å². The van der Waals surface area contributed by atoms with E-state index in [0.717, 1.165) is 18.5 Å². The van der Waals surface area contributed by atoms with Gasteiger partial charge in [-0.2, -0.15) is 4.31 Å². The van der Waals surface area contributed by atoms with Crippen LogP contribution in [-0.2, 0) is 14.8 Å². The lowest BCUT2D eigenvalue weighted by Crippen LogP contribution is -2.52. The molecule has 1 aromatic heterocycles. The molecule has 0 aromatic carbocycles. The molecule has 1 aliphatic heterocycles. The normalized spacial score (nSPS) is 31.5. The molecule has 1 unspecified atom stereocenters. The minimum absolute atomic E-state index is 0.0163. The zero-order chi connectivity index (χ0) is 18.6. The van der Waals surface area contributed by atoms with Crippen LogP contribution in [-0.4, -0.2) is 55.4 Å². The van der Waals surface area contributed by atoms with Crippen LogP contribution in [0.1, 0.15) is 33.1 Å². The summed E-state index contributed by atoms with van der Waals surface area (Å²) in [5.41, 5.74) is 0.177. The summed E-state index contributed by atoms with van der Waals surface area (Å²) in [5.74, 6) is 0.490. The second-order valence-corrected chi connectivity index (χ2v) is 10.5. The first kappa shape index (κ1) is 17.9. The Morgan fingerprint density at radius 2 is 1.81 bits per heavy atom. The first-order chi connectivity index (χ1) is 12.3. The van der Waals surface area contributed by atoms with E-state index in [1.54, 1.807) is 16.7 Å². The summed E-state index contributed by atoms with van der Waals surface area (Å²) in [6.07, 6.45) is 5.76. The zero-order valence-electron chi connectivity index (χ0n) is 15.5. The fourth-order valence-electron chi connectivity index (χ4n) is 5.29. The fraction of sp³-hybridized carbons (Fsp3) is 0.684. The summed E-state index contributed by atoms with van der Waals surface area (Å²) in [5, 5.41) is 0. The van der Waals surface area contributed by atoms with Crippen molar-refractivity contribution in [3.8, 4) is 0 Å². The van der Waals surface area contributed by atoms with E-state index in [9.17, 15) is 13.2 Å². The molecule has 2 heterocycles. The third-order valence-electron chi connectivity index (χ3n) is 7.23. The predicted octanol–water partition coefficient (Wildman–Crippen LogP) is 1.93. The lowest BCUT2D eigenvalue weighted by molar-refractivity contribution is -0.128. The number of sulfonamides is 1. The highest BCUT2D eigenvalue weighted by Gasteiger charge is 2.65. The molecule has 1 aromatic rings. The molecule has 3 aliphatic rings. The van der Waals surface area contributed by atoms with Gasteiger partial charge in [-0.15, -0.1) is 0 Å². The first-order valence-electron chi connectivity index (χ1n) is 9.42. The minimum atomic E-state index is -3.45. The third kappa shape index (κ3) is 2.59. The summed E-state index contributed by atoms with van der Waals surface area (Å²) < 4.78 is 27.9. The van der Waals surface area contributed by atoms with Crippen molar-refractivity contribution in [2.24, 2.45) is 16.7 Å². The van der Waals surface area contributed by atoms with Crippen molar-refractivity contribution in [3.05, 3.63) is 24.5 Å². The smallest absolute Gasteiger partial charge is 0.215 e. The van der Waals surface area contributed by atoms with Gasteiger partial charge in [-0.1, -0.05) is 13.8 Å². The van der Waals surface area contributed by atoms with Crippen LogP contribution in [0.3, 0.4) is 0 Å². The Morgan fingerprint density at radius 3 is 2.35 bits per heavy atom. The Balaban J connectivity index is 1.48. The van der Waals surface area contributed by atoms with Crippen molar-refractivity contribution < 1.29 is 13.2 Å². The summed E-state index contributed by atoms with van der Waals surface area (Å²) in [6.45, 7) is 6.45. The van der Waals surface area contributed by atoms with Gasteiger partial charge >= 0.3 is 0 Å². The van der Waals surface area contributed by atoms with Crippen LogP contribution in [0.25, 0.3) is 0 Å². The van der Waals surface area contributed by atoms with E-state index in [-0.39, 0.29) is 17.0 Å². The maximum Gasteiger partial charge on any atom is 0.215 e. The van der Waals surface area contributed by atoms with Crippen LogP contribution >= 0.6 is 0 Å². The molecule has 0 spiro atoms. The van der Waals surface area contributed by atoms with E-state index >= 15 is 0 Å². The van der Waals surface area contributed by atoms with Crippen molar-refractivity contribution in [2.75, 3.05) is 36.8 Å². The average molecular weight is 378 g/mol. The number of rotatable bonds is 4. The molecular formula is C19H27N3O3S. The van der Waals surface area contributed by atoms with E-state index in [1.807, 2.05) is 12.1 Å². The maximum absolute atomic E-state index is 13.1. The SMILES string of the molecule is CC1(C)[C@H]2CCC1(CS(=O)(=O)N1CCN(c3ccncc3)CC1)C(=O)C2. The number of hydrogen-bond acceptors (Lipinski definition) is 5. The minimum Gasteiger partial charge on any atom is -0.369 e. The molecule has 1 saturated heterocycles. The second kappa shape index (κ2) is 6.02. The Kier molecular flexibility index (Phi) is 4.15. The molecule has 2 atom stereocenters. The zero-order valence-corrected chi connectivity index (χ0v) is 16.3. The number of pyridine rings is 1. The Labute approximate surface area is 155 Å². The predicted molar refractivity (Wildman–Crippen MR) is 100 cm³/mol. The highest BCUT2D eigenvalue weighted by atomic mass is 32.2. The number of fused-ring (bicyclic) bond motifs is 2. The molecule has 6 nitrogen and oxygen atoms in total. The summed E-state index contributed by atoms with van der Waals surface area (Å²) in [7, 11) is -3.45. The third-order valence-corrected chi connectivity index (χ3v) is 9.24. The van der Waals surface area contributed by atoms with Gasteiger partial charge < -0.3 is 4.90 Å². The Hall–Kier alpha value is -1.47. The molecule has 3 fully saturated rings. The lowest BCUT2D eigenvalue weighted by Gasteiger charge is -2.40. The van der Waals surface area contributed by atoms with E-state index < -0.39 is 15.4 Å². The number of anilines is 1. The molecule has 2 aliphatic carbocycles. The Bertz CT molecular complexity index is 801. The number of piperazine rings is 1. The molecule has 26 heavy (non-hydrogen) atoms. The number of ketones is 1. The van der Waals surface area contributed by atoms with Crippen LogP contribution in [0.2, 0.25) is 0 Å². The molecular weight excluding hydrogens is 350 g/mol. The quantitative estimate of drug-likeness (QED) is 0.802. The van der Waals surface area contributed by atoms with Gasteiger partial charge in [0.05, 0.1) is 5.75 Å². The highest BCUT2D eigenvalue weighted by Crippen LogP contribution is 2.64. The van der Waals surface area contributed by atoms with Crippen molar-refractivity contribution in [1.29, 1.82) is 0 Å². The van der Waals surface area contributed by atoms with E-state index in [2.05, 4.69) is 23.7 Å². The molecule has 2 saturated carbocycles. The second-order valence-electron chi connectivity index (χ2n) is 8.51.